The second-order valence-electron chi connectivity index (χ2n) is 6.20. The molecule has 3 aromatic rings. The molecule has 3 rings (SSSR count). The first-order chi connectivity index (χ1) is 13.9. The maximum Gasteiger partial charge on any atom is 0.233 e. The summed E-state index contributed by atoms with van der Waals surface area (Å²) >= 11 is 0. The molecular weight excluding hydrogens is 380 g/mol. The molecule has 0 unspecified atom stereocenters. The highest BCUT2D eigenvalue weighted by molar-refractivity contribution is 6.08. The predicted octanol–water partition coefficient (Wildman–Crippen LogP) is 2.90. The van der Waals surface area contributed by atoms with Crippen LogP contribution in [0.15, 0.2) is 54.9 Å². The standard InChI is InChI=1S/C20H17F2N5O2/c21-13-2-5-14(6-3-13)26-19(28)10-20(29)27-15-4-1-12(17(22)8-15)7-16-9-18(23)25-11-24-16/h1-6,8-9,11H,7,10H2,(H,26,28)(H,27,29)(H2,23,24,25). The smallest absolute Gasteiger partial charge is 0.233 e. The van der Waals surface area contributed by atoms with Crippen LogP contribution in [-0.2, 0) is 16.0 Å². The molecule has 1 heterocycles. The highest BCUT2D eigenvalue weighted by Crippen LogP contribution is 2.18. The van der Waals surface area contributed by atoms with Crippen LogP contribution in [0.1, 0.15) is 17.7 Å². The summed E-state index contributed by atoms with van der Waals surface area (Å²) in [5, 5.41) is 4.94. The number of aromatic nitrogens is 2. The van der Waals surface area contributed by atoms with Gasteiger partial charge in [0.2, 0.25) is 11.8 Å². The molecule has 0 aliphatic carbocycles. The van der Waals surface area contributed by atoms with Crippen LogP contribution in [0.2, 0.25) is 0 Å². The number of anilines is 3. The zero-order valence-corrected chi connectivity index (χ0v) is 15.2. The molecule has 7 nitrogen and oxygen atoms in total. The normalized spacial score (nSPS) is 10.4. The van der Waals surface area contributed by atoms with Crippen molar-refractivity contribution in [2.45, 2.75) is 12.8 Å². The van der Waals surface area contributed by atoms with Crippen molar-refractivity contribution in [2.75, 3.05) is 16.4 Å². The van der Waals surface area contributed by atoms with E-state index in [-0.39, 0.29) is 12.1 Å². The van der Waals surface area contributed by atoms with E-state index in [1.54, 1.807) is 6.07 Å². The number of rotatable bonds is 6. The Balaban J connectivity index is 1.56. The van der Waals surface area contributed by atoms with Crippen molar-refractivity contribution in [3.8, 4) is 0 Å². The fourth-order valence-electron chi connectivity index (χ4n) is 2.56. The van der Waals surface area contributed by atoms with E-state index in [1.807, 2.05) is 0 Å². The van der Waals surface area contributed by atoms with Crippen molar-refractivity contribution >= 4 is 29.0 Å². The number of hydrogen-bond donors (Lipinski definition) is 3. The molecule has 0 aliphatic heterocycles. The zero-order valence-electron chi connectivity index (χ0n) is 15.2. The Morgan fingerprint density at radius 1 is 0.897 bits per heavy atom. The number of nitrogens with two attached hydrogens (primary N) is 1. The van der Waals surface area contributed by atoms with E-state index in [1.165, 1.54) is 42.7 Å². The molecule has 0 aliphatic rings. The van der Waals surface area contributed by atoms with E-state index < -0.39 is 29.9 Å². The fourth-order valence-corrected chi connectivity index (χ4v) is 2.56. The highest BCUT2D eigenvalue weighted by Gasteiger charge is 2.12. The Kier molecular flexibility index (Phi) is 6.08. The Morgan fingerprint density at radius 2 is 1.55 bits per heavy atom. The molecule has 148 valence electrons. The van der Waals surface area contributed by atoms with Crippen LogP contribution in [-0.4, -0.2) is 21.8 Å². The number of nitrogen functional groups attached to an aromatic ring is 1. The minimum atomic E-state index is -0.611. The predicted molar refractivity (Wildman–Crippen MR) is 104 cm³/mol. The molecule has 1 aromatic heterocycles. The van der Waals surface area contributed by atoms with Gasteiger partial charge in [-0.2, -0.15) is 0 Å². The topological polar surface area (TPSA) is 110 Å². The van der Waals surface area contributed by atoms with Crippen LogP contribution in [0.5, 0.6) is 0 Å². The van der Waals surface area contributed by atoms with Gasteiger partial charge in [0, 0.05) is 23.9 Å². The van der Waals surface area contributed by atoms with E-state index >= 15 is 0 Å². The zero-order chi connectivity index (χ0) is 20.8. The van der Waals surface area contributed by atoms with Gasteiger partial charge in [-0.05, 0) is 42.0 Å². The summed E-state index contributed by atoms with van der Waals surface area (Å²) in [5.41, 5.74) is 7.10. The van der Waals surface area contributed by atoms with Crippen LogP contribution < -0.4 is 16.4 Å². The summed E-state index contributed by atoms with van der Waals surface area (Å²) in [6, 6.07) is 10.9. The van der Waals surface area contributed by atoms with Crippen LogP contribution in [0.4, 0.5) is 26.0 Å². The SMILES string of the molecule is Nc1cc(Cc2ccc(NC(=O)CC(=O)Nc3ccc(F)cc3)cc2F)ncn1. The summed E-state index contributed by atoms with van der Waals surface area (Å²) < 4.78 is 27.2. The summed E-state index contributed by atoms with van der Waals surface area (Å²) in [6.07, 6.45) is 1.04. The Labute approximate surface area is 165 Å². The molecule has 0 saturated heterocycles. The Morgan fingerprint density at radius 3 is 2.21 bits per heavy atom. The quantitative estimate of drug-likeness (QED) is 0.554. The minimum absolute atomic E-state index is 0.215. The molecule has 0 atom stereocenters. The van der Waals surface area contributed by atoms with Gasteiger partial charge in [-0.1, -0.05) is 6.07 Å². The van der Waals surface area contributed by atoms with Gasteiger partial charge in [-0.15, -0.1) is 0 Å². The highest BCUT2D eigenvalue weighted by atomic mass is 19.1. The number of hydrogen-bond acceptors (Lipinski definition) is 5. The number of nitrogens with one attached hydrogen (secondary N) is 2. The molecular formula is C20H17F2N5O2. The first kappa shape index (κ1) is 19.9. The van der Waals surface area contributed by atoms with Crippen molar-refractivity contribution in [3.63, 3.8) is 0 Å². The van der Waals surface area contributed by atoms with E-state index in [0.29, 0.717) is 22.8 Å². The van der Waals surface area contributed by atoms with Gasteiger partial charge < -0.3 is 16.4 Å². The largest absolute Gasteiger partial charge is 0.384 e. The average molecular weight is 397 g/mol. The molecule has 2 amide bonds. The van der Waals surface area contributed by atoms with Crippen molar-refractivity contribution in [1.82, 2.24) is 9.97 Å². The van der Waals surface area contributed by atoms with Crippen molar-refractivity contribution in [2.24, 2.45) is 0 Å². The molecule has 0 radical (unpaired) electrons. The molecule has 9 heteroatoms. The second-order valence-corrected chi connectivity index (χ2v) is 6.20. The molecule has 4 N–H and O–H groups in total. The number of benzene rings is 2. The lowest BCUT2D eigenvalue weighted by Gasteiger charge is -2.09. The third-order valence-electron chi connectivity index (χ3n) is 3.90. The van der Waals surface area contributed by atoms with Crippen LogP contribution in [0.3, 0.4) is 0 Å². The van der Waals surface area contributed by atoms with E-state index in [2.05, 4.69) is 20.6 Å². The lowest BCUT2D eigenvalue weighted by molar-refractivity contribution is -0.123. The lowest BCUT2D eigenvalue weighted by Crippen LogP contribution is -2.21. The second kappa shape index (κ2) is 8.87. The van der Waals surface area contributed by atoms with E-state index in [4.69, 9.17) is 5.73 Å². The number of nitrogens with zero attached hydrogens (tertiary/aromatic N) is 2. The molecule has 2 aromatic carbocycles. The summed E-state index contributed by atoms with van der Waals surface area (Å²) in [6.45, 7) is 0. The number of halogens is 2. The van der Waals surface area contributed by atoms with Gasteiger partial charge in [-0.3, -0.25) is 9.59 Å². The van der Waals surface area contributed by atoms with E-state index in [0.717, 1.165) is 6.07 Å². The Hall–Kier alpha value is -3.88. The number of amides is 2. The molecule has 0 bridgehead atoms. The fraction of sp³-hybridized carbons (Fsp3) is 0.100. The van der Waals surface area contributed by atoms with Gasteiger partial charge >= 0.3 is 0 Å². The molecule has 0 saturated carbocycles. The molecule has 0 spiro atoms. The van der Waals surface area contributed by atoms with Crippen molar-refractivity contribution in [1.29, 1.82) is 0 Å². The van der Waals surface area contributed by atoms with Crippen LogP contribution in [0, 0.1) is 11.6 Å². The van der Waals surface area contributed by atoms with Gasteiger partial charge in [-0.25, -0.2) is 18.7 Å². The summed E-state index contributed by atoms with van der Waals surface area (Å²) in [7, 11) is 0. The van der Waals surface area contributed by atoms with Gasteiger partial charge in [0.25, 0.3) is 0 Å². The summed E-state index contributed by atoms with van der Waals surface area (Å²) in [4.78, 5) is 31.7. The summed E-state index contributed by atoms with van der Waals surface area (Å²) in [5.74, 6) is -1.86. The van der Waals surface area contributed by atoms with E-state index in [9.17, 15) is 18.4 Å². The van der Waals surface area contributed by atoms with Crippen LogP contribution >= 0.6 is 0 Å². The first-order valence-electron chi connectivity index (χ1n) is 8.59. The minimum Gasteiger partial charge on any atom is -0.384 e. The Bertz CT molecular complexity index is 1040. The molecule has 29 heavy (non-hydrogen) atoms. The van der Waals surface area contributed by atoms with Crippen molar-refractivity contribution < 1.29 is 18.4 Å². The van der Waals surface area contributed by atoms with Gasteiger partial charge in [0.1, 0.15) is 30.2 Å². The third kappa shape index (κ3) is 5.80. The molecule has 0 fully saturated rings. The van der Waals surface area contributed by atoms with Gasteiger partial charge in [0.05, 0.1) is 5.69 Å². The van der Waals surface area contributed by atoms with Gasteiger partial charge in [0.15, 0.2) is 0 Å². The maximum atomic E-state index is 14.3. The van der Waals surface area contributed by atoms with Crippen molar-refractivity contribution in [3.05, 3.63) is 77.8 Å². The first-order valence-corrected chi connectivity index (χ1v) is 8.59. The maximum absolute atomic E-state index is 14.3. The number of carbonyl (C=O) groups excluding carboxylic acids is 2. The number of carbonyl (C=O) groups is 2. The van der Waals surface area contributed by atoms with Crippen LogP contribution in [0.25, 0.3) is 0 Å². The monoisotopic (exact) mass is 397 g/mol. The third-order valence-corrected chi connectivity index (χ3v) is 3.90. The lowest BCUT2D eigenvalue weighted by atomic mass is 10.1. The average Bonchev–Trinajstić information content (AvgIpc) is 2.66.